The number of halogens is 2. The standard InChI is InChI=1S/C17H18BrClO2/c1-3-21-13-8-9-14(15(18)11-13)16(19)10-12-6-4-5-7-17(12)20-2/h4-9,11,16H,3,10H2,1-2H3. The van der Waals surface area contributed by atoms with Gasteiger partial charge in [-0.05, 0) is 42.7 Å². The van der Waals surface area contributed by atoms with Crippen LogP contribution in [0.1, 0.15) is 23.4 Å². The molecule has 0 fully saturated rings. The Morgan fingerprint density at radius 3 is 2.62 bits per heavy atom. The molecule has 0 aromatic heterocycles. The topological polar surface area (TPSA) is 18.5 Å². The van der Waals surface area contributed by atoms with E-state index in [0.29, 0.717) is 13.0 Å². The first-order valence-corrected chi connectivity index (χ1v) is 8.06. The Morgan fingerprint density at radius 1 is 1.19 bits per heavy atom. The summed E-state index contributed by atoms with van der Waals surface area (Å²) in [4.78, 5) is 0. The Labute approximate surface area is 139 Å². The van der Waals surface area contributed by atoms with E-state index >= 15 is 0 Å². The van der Waals surface area contributed by atoms with Gasteiger partial charge < -0.3 is 9.47 Å². The molecule has 0 aliphatic heterocycles. The fraction of sp³-hybridized carbons (Fsp3) is 0.294. The van der Waals surface area contributed by atoms with Gasteiger partial charge in [0.2, 0.25) is 0 Å². The molecule has 2 aromatic rings. The Bertz CT molecular complexity index is 601. The lowest BCUT2D eigenvalue weighted by Gasteiger charge is -2.15. The van der Waals surface area contributed by atoms with Crippen LogP contribution in [0.4, 0.5) is 0 Å². The first-order chi connectivity index (χ1) is 10.2. The highest BCUT2D eigenvalue weighted by Gasteiger charge is 2.15. The molecule has 0 saturated heterocycles. The van der Waals surface area contributed by atoms with Gasteiger partial charge in [-0.3, -0.25) is 0 Å². The Balaban J connectivity index is 2.18. The lowest BCUT2D eigenvalue weighted by Crippen LogP contribution is -2.00. The molecule has 4 heteroatoms. The predicted octanol–water partition coefficient (Wildman–Crippen LogP) is 5.38. The lowest BCUT2D eigenvalue weighted by atomic mass is 10.0. The molecule has 0 amide bonds. The van der Waals surface area contributed by atoms with Crippen LogP contribution in [0.3, 0.4) is 0 Å². The molecule has 21 heavy (non-hydrogen) atoms. The number of hydrogen-bond acceptors (Lipinski definition) is 2. The number of methoxy groups -OCH3 is 1. The SMILES string of the molecule is CCOc1ccc(C(Cl)Cc2ccccc2OC)c(Br)c1. The van der Waals surface area contributed by atoms with Crippen LogP contribution in [0.5, 0.6) is 11.5 Å². The molecule has 1 atom stereocenters. The molecule has 112 valence electrons. The van der Waals surface area contributed by atoms with Crippen molar-refractivity contribution in [3.8, 4) is 11.5 Å². The third-order valence-electron chi connectivity index (χ3n) is 3.21. The highest BCUT2D eigenvalue weighted by Crippen LogP contribution is 2.35. The van der Waals surface area contributed by atoms with Crippen LogP contribution in [-0.2, 0) is 6.42 Å². The molecule has 0 N–H and O–H groups in total. The average molecular weight is 370 g/mol. The summed E-state index contributed by atoms with van der Waals surface area (Å²) < 4.78 is 11.8. The van der Waals surface area contributed by atoms with Gasteiger partial charge in [-0.15, -0.1) is 11.6 Å². The third kappa shape index (κ3) is 4.14. The average Bonchev–Trinajstić information content (AvgIpc) is 2.48. The highest BCUT2D eigenvalue weighted by atomic mass is 79.9. The normalized spacial score (nSPS) is 12.0. The summed E-state index contributed by atoms with van der Waals surface area (Å²) in [6, 6.07) is 13.8. The predicted molar refractivity (Wildman–Crippen MR) is 90.6 cm³/mol. The van der Waals surface area contributed by atoms with Gasteiger partial charge in [-0.25, -0.2) is 0 Å². The quantitative estimate of drug-likeness (QED) is 0.636. The van der Waals surface area contributed by atoms with Crippen molar-refractivity contribution in [1.29, 1.82) is 0 Å². The zero-order valence-corrected chi connectivity index (χ0v) is 14.4. The van der Waals surface area contributed by atoms with Crippen LogP contribution in [0.15, 0.2) is 46.9 Å². The minimum atomic E-state index is -0.133. The lowest BCUT2D eigenvalue weighted by molar-refractivity contribution is 0.340. The monoisotopic (exact) mass is 368 g/mol. The second kappa shape index (κ2) is 7.71. The molecule has 0 aliphatic rings. The summed E-state index contributed by atoms with van der Waals surface area (Å²) in [7, 11) is 1.68. The van der Waals surface area contributed by atoms with Crippen molar-refractivity contribution in [2.75, 3.05) is 13.7 Å². The summed E-state index contributed by atoms with van der Waals surface area (Å²) in [5.74, 6) is 1.71. The van der Waals surface area contributed by atoms with Gasteiger partial charge in [0, 0.05) is 4.47 Å². The van der Waals surface area contributed by atoms with Gasteiger partial charge in [0.15, 0.2) is 0 Å². The molecular weight excluding hydrogens is 352 g/mol. The number of benzene rings is 2. The van der Waals surface area contributed by atoms with Crippen LogP contribution in [-0.4, -0.2) is 13.7 Å². The fourth-order valence-corrected chi connectivity index (χ4v) is 3.32. The molecule has 2 rings (SSSR count). The van der Waals surface area contributed by atoms with Crippen molar-refractivity contribution in [2.24, 2.45) is 0 Å². The minimum absolute atomic E-state index is 0.133. The van der Waals surface area contributed by atoms with Crippen molar-refractivity contribution in [2.45, 2.75) is 18.7 Å². The second-order valence-corrected chi connectivity index (χ2v) is 5.98. The smallest absolute Gasteiger partial charge is 0.122 e. The van der Waals surface area contributed by atoms with Crippen molar-refractivity contribution < 1.29 is 9.47 Å². The molecular formula is C17H18BrClO2. The zero-order valence-electron chi connectivity index (χ0n) is 12.1. The molecule has 1 unspecified atom stereocenters. The van der Waals surface area contributed by atoms with Crippen LogP contribution in [0, 0.1) is 0 Å². The summed E-state index contributed by atoms with van der Waals surface area (Å²) in [5.41, 5.74) is 2.15. The Kier molecular flexibility index (Phi) is 5.95. The van der Waals surface area contributed by atoms with E-state index < -0.39 is 0 Å². The largest absolute Gasteiger partial charge is 0.496 e. The number of rotatable bonds is 6. The molecule has 0 radical (unpaired) electrons. The minimum Gasteiger partial charge on any atom is -0.496 e. The maximum absolute atomic E-state index is 6.58. The van der Waals surface area contributed by atoms with Gasteiger partial charge >= 0.3 is 0 Å². The van der Waals surface area contributed by atoms with E-state index in [1.165, 1.54) is 0 Å². The zero-order chi connectivity index (χ0) is 15.2. The van der Waals surface area contributed by atoms with Crippen LogP contribution in [0.25, 0.3) is 0 Å². The van der Waals surface area contributed by atoms with Crippen LogP contribution in [0.2, 0.25) is 0 Å². The summed E-state index contributed by atoms with van der Waals surface area (Å²) in [6.45, 7) is 2.62. The van der Waals surface area contributed by atoms with Crippen molar-refractivity contribution >= 4 is 27.5 Å². The van der Waals surface area contributed by atoms with E-state index in [2.05, 4.69) is 15.9 Å². The summed E-state index contributed by atoms with van der Waals surface area (Å²) in [6.07, 6.45) is 0.706. The first kappa shape index (κ1) is 16.2. The van der Waals surface area contributed by atoms with Gasteiger partial charge in [-0.1, -0.05) is 40.2 Å². The molecule has 0 saturated carbocycles. The number of para-hydroxylation sites is 1. The molecule has 0 aliphatic carbocycles. The highest BCUT2D eigenvalue weighted by molar-refractivity contribution is 9.10. The maximum Gasteiger partial charge on any atom is 0.122 e. The number of alkyl halides is 1. The second-order valence-electron chi connectivity index (χ2n) is 4.60. The molecule has 2 aromatic carbocycles. The number of ether oxygens (including phenoxy) is 2. The molecule has 0 heterocycles. The van der Waals surface area contributed by atoms with E-state index in [4.69, 9.17) is 21.1 Å². The Morgan fingerprint density at radius 2 is 1.95 bits per heavy atom. The van der Waals surface area contributed by atoms with E-state index in [9.17, 15) is 0 Å². The van der Waals surface area contributed by atoms with E-state index in [1.807, 2.05) is 49.4 Å². The Hall–Kier alpha value is -1.19. The molecule has 2 nitrogen and oxygen atoms in total. The summed E-state index contributed by atoms with van der Waals surface area (Å²) in [5, 5.41) is -0.133. The van der Waals surface area contributed by atoms with Gasteiger partial charge in [0.1, 0.15) is 11.5 Å². The molecule has 0 spiro atoms. The van der Waals surface area contributed by atoms with Crippen LogP contribution < -0.4 is 9.47 Å². The van der Waals surface area contributed by atoms with E-state index in [1.54, 1.807) is 7.11 Å². The van der Waals surface area contributed by atoms with Crippen molar-refractivity contribution in [3.05, 3.63) is 58.1 Å². The van der Waals surface area contributed by atoms with Crippen molar-refractivity contribution in [3.63, 3.8) is 0 Å². The van der Waals surface area contributed by atoms with E-state index in [-0.39, 0.29) is 5.38 Å². The van der Waals surface area contributed by atoms with E-state index in [0.717, 1.165) is 27.1 Å². The summed E-state index contributed by atoms with van der Waals surface area (Å²) >= 11 is 10.1. The number of hydrogen-bond donors (Lipinski definition) is 0. The van der Waals surface area contributed by atoms with Gasteiger partial charge in [0.05, 0.1) is 19.1 Å². The van der Waals surface area contributed by atoms with Crippen LogP contribution >= 0.6 is 27.5 Å². The molecule has 0 bridgehead atoms. The van der Waals surface area contributed by atoms with Crippen molar-refractivity contribution in [1.82, 2.24) is 0 Å². The van der Waals surface area contributed by atoms with Gasteiger partial charge in [-0.2, -0.15) is 0 Å². The third-order valence-corrected chi connectivity index (χ3v) is 4.29. The first-order valence-electron chi connectivity index (χ1n) is 6.84. The maximum atomic E-state index is 6.58. The fourth-order valence-electron chi connectivity index (χ4n) is 2.19. The van der Waals surface area contributed by atoms with Gasteiger partial charge in [0.25, 0.3) is 0 Å².